The lowest BCUT2D eigenvalue weighted by Gasteiger charge is -2.16. The van der Waals surface area contributed by atoms with Gasteiger partial charge in [-0.05, 0) is 82.1 Å². The molecule has 0 N–H and O–H groups in total. The molecule has 4 aromatic rings. The molecule has 1 amide bonds. The molecule has 1 aliphatic heterocycles. The van der Waals surface area contributed by atoms with E-state index < -0.39 is 0 Å². The van der Waals surface area contributed by atoms with E-state index in [-0.39, 0.29) is 5.91 Å². The van der Waals surface area contributed by atoms with E-state index in [2.05, 4.69) is 46.9 Å². The maximum absolute atomic E-state index is 13.2. The molecule has 0 unspecified atom stereocenters. The van der Waals surface area contributed by atoms with Gasteiger partial charge in [0.15, 0.2) is 11.5 Å². The van der Waals surface area contributed by atoms with Crippen molar-refractivity contribution < 1.29 is 14.3 Å². The normalized spacial score (nSPS) is 14.5. The number of benzene rings is 4. The highest BCUT2D eigenvalue weighted by molar-refractivity contribution is 14.1. The van der Waals surface area contributed by atoms with E-state index in [0.29, 0.717) is 40.5 Å². The quantitative estimate of drug-likeness (QED) is 0.109. The monoisotopic (exact) mass is 651 g/mol. The van der Waals surface area contributed by atoms with E-state index in [9.17, 15) is 4.79 Å². The van der Waals surface area contributed by atoms with Gasteiger partial charge in [0.2, 0.25) is 0 Å². The minimum absolute atomic E-state index is 0.0789. The Morgan fingerprint density at radius 3 is 2.55 bits per heavy atom. The minimum Gasteiger partial charge on any atom is -0.490 e. The Kier molecular flexibility index (Phi) is 8.35. The maximum atomic E-state index is 13.2. The average molecular weight is 652 g/mol. The molecule has 5 rings (SSSR count). The van der Waals surface area contributed by atoms with E-state index in [4.69, 9.17) is 21.7 Å². The van der Waals surface area contributed by atoms with E-state index in [1.54, 1.807) is 4.90 Å². The summed E-state index contributed by atoms with van der Waals surface area (Å²) < 4.78 is 13.8. The number of halogens is 1. The Bertz CT molecular complexity index is 1540. The molecule has 0 atom stereocenters. The molecule has 192 valence electrons. The summed E-state index contributed by atoms with van der Waals surface area (Å²) >= 11 is 9.14. The summed E-state index contributed by atoms with van der Waals surface area (Å²) in [5.41, 5.74) is 4.21. The number of hydrogen-bond acceptors (Lipinski definition) is 5. The fourth-order valence-corrected chi connectivity index (χ4v) is 6.34. The number of fused-ring (bicyclic) bond motifs is 1. The lowest BCUT2D eigenvalue weighted by molar-refractivity contribution is -0.122. The van der Waals surface area contributed by atoms with Gasteiger partial charge in [-0.1, -0.05) is 96.3 Å². The Balaban J connectivity index is 1.38. The van der Waals surface area contributed by atoms with Crippen LogP contribution in [0.3, 0.4) is 0 Å². The lowest BCUT2D eigenvalue weighted by Crippen LogP contribution is -2.27. The topological polar surface area (TPSA) is 38.8 Å². The van der Waals surface area contributed by atoms with Gasteiger partial charge in [0.1, 0.15) is 10.9 Å². The number of carbonyl (C=O) groups excluding carboxylic acids is 1. The predicted octanol–water partition coefficient (Wildman–Crippen LogP) is 8.13. The molecule has 0 bridgehead atoms. The number of aryl methyl sites for hydroxylation is 1. The van der Waals surface area contributed by atoms with Crippen LogP contribution in [0.2, 0.25) is 0 Å². The molecule has 0 radical (unpaired) electrons. The molecule has 1 heterocycles. The summed E-state index contributed by atoms with van der Waals surface area (Å²) in [7, 11) is 0. The second kappa shape index (κ2) is 11.9. The number of ether oxygens (including phenoxy) is 2. The fraction of sp³-hybridized carbons (Fsp3) is 0.161. The lowest BCUT2D eigenvalue weighted by atomic mass is 10.1. The second-order valence-electron chi connectivity index (χ2n) is 8.94. The molecule has 38 heavy (non-hydrogen) atoms. The number of thioether (sulfide) groups is 1. The molecular formula is C31H26INO3S2. The molecule has 1 fully saturated rings. The first-order valence-electron chi connectivity index (χ1n) is 12.3. The summed E-state index contributed by atoms with van der Waals surface area (Å²) in [5, 5.41) is 2.36. The largest absolute Gasteiger partial charge is 0.490 e. The average Bonchev–Trinajstić information content (AvgIpc) is 3.17. The molecule has 0 aliphatic carbocycles. The van der Waals surface area contributed by atoms with Crippen molar-refractivity contribution in [2.75, 3.05) is 6.61 Å². The van der Waals surface area contributed by atoms with Crippen molar-refractivity contribution in [1.82, 2.24) is 4.90 Å². The number of hydrogen-bond donors (Lipinski definition) is 0. The summed E-state index contributed by atoms with van der Waals surface area (Å²) in [6.07, 6.45) is 1.88. The number of amides is 1. The Hall–Kier alpha value is -2.88. The van der Waals surface area contributed by atoms with Crippen molar-refractivity contribution >= 4 is 73.6 Å². The number of nitrogens with zero attached hydrogens (tertiary/aromatic N) is 1. The highest BCUT2D eigenvalue weighted by Crippen LogP contribution is 2.38. The fourth-order valence-electron chi connectivity index (χ4n) is 4.31. The number of rotatable bonds is 8. The SMILES string of the molecule is CCOc1cc(/C=C2\SC(=S)N(Cc3ccc(C)cc3)C2=O)cc(I)c1OCc1cccc2ccccc12. The van der Waals surface area contributed by atoms with E-state index >= 15 is 0 Å². The van der Waals surface area contributed by atoms with Crippen molar-refractivity contribution in [3.05, 3.63) is 110 Å². The van der Waals surface area contributed by atoms with Crippen LogP contribution in [0.15, 0.2) is 83.8 Å². The van der Waals surface area contributed by atoms with E-state index in [0.717, 1.165) is 20.3 Å². The van der Waals surface area contributed by atoms with Crippen molar-refractivity contribution in [2.45, 2.75) is 27.0 Å². The van der Waals surface area contributed by atoms with Crippen LogP contribution in [0.5, 0.6) is 11.5 Å². The smallest absolute Gasteiger partial charge is 0.266 e. The summed E-state index contributed by atoms with van der Waals surface area (Å²) in [5.74, 6) is 1.27. The van der Waals surface area contributed by atoms with Crippen LogP contribution >= 0.6 is 46.6 Å². The molecule has 0 aromatic heterocycles. The molecule has 4 aromatic carbocycles. The molecule has 0 spiro atoms. The first-order valence-corrected chi connectivity index (χ1v) is 14.6. The standard InChI is InChI=1S/C31H26INO3S2/c1-3-35-27-16-22(17-28-30(34)33(31(37)38-28)18-21-13-11-20(2)12-14-21)15-26(32)29(27)36-19-24-9-6-8-23-7-4-5-10-25(23)24/h4-17H,3,18-19H2,1-2H3/b28-17-. The van der Waals surface area contributed by atoms with E-state index in [1.165, 1.54) is 28.1 Å². The Labute approximate surface area is 246 Å². The Morgan fingerprint density at radius 2 is 1.76 bits per heavy atom. The zero-order chi connectivity index (χ0) is 26.6. The van der Waals surface area contributed by atoms with Gasteiger partial charge >= 0.3 is 0 Å². The van der Waals surface area contributed by atoms with Crippen LogP contribution in [0.25, 0.3) is 16.8 Å². The first kappa shape index (κ1) is 26.7. The van der Waals surface area contributed by atoms with Crippen molar-refractivity contribution in [2.24, 2.45) is 0 Å². The van der Waals surface area contributed by atoms with Gasteiger partial charge in [-0.25, -0.2) is 0 Å². The van der Waals surface area contributed by atoms with Crippen LogP contribution in [-0.2, 0) is 17.9 Å². The van der Waals surface area contributed by atoms with Crippen molar-refractivity contribution in [3.8, 4) is 11.5 Å². The van der Waals surface area contributed by atoms with Gasteiger partial charge in [-0.2, -0.15) is 0 Å². The molecule has 4 nitrogen and oxygen atoms in total. The third-order valence-corrected chi connectivity index (χ3v) is 8.40. The van der Waals surface area contributed by atoms with Crippen LogP contribution < -0.4 is 9.47 Å². The first-order chi connectivity index (χ1) is 18.4. The molecule has 0 saturated carbocycles. The highest BCUT2D eigenvalue weighted by atomic mass is 127. The molecule has 7 heteroatoms. The number of carbonyl (C=O) groups is 1. The zero-order valence-electron chi connectivity index (χ0n) is 21.1. The predicted molar refractivity (Wildman–Crippen MR) is 169 cm³/mol. The van der Waals surface area contributed by atoms with Gasteiger partial charge in [0.25, 0.3) is 5.91 Å². The molecule has 1 aliphatic rings. The van der Waals surface area contributed by atoms with Gasteiger partial charge in [-0.3, -0.25) is 9.69 Å². The van der Waals surface area contributed by atoms with Crippen molar-refractivity contribution in [3.63, 3.8) is 0 Å². The van der Waals surface area contributed by atoms with Gasteiger partial charge in [0.05, 0.1) is 21.6 Å². The third-order valence-electron chi connectivity index (χ3n) is 6.22. The maximum Gasteiger partial charge on any atom is 0.266 e. The summed E-state index contributed by atoms with van der Waals surface area (Å²) in [6.45, 7) is 5.39. The van der Waals surface area contributed by atoms with Gasteiger partial charge < -0.3 is 9.47 Å². The van der Waals surface area contributed by atoms with Crippen LogP contribution in [-0.4, -0.2) is 21.7 Å². The Morgan fingerprint density at radius 1 is 1.00 bits per heavy atom. The van der Waals surface area contributed by atoms with E-state index in [1.807, 2.05) is 74.5 Å². The molecule has 1 saturated heterocycles. The van der Waals surface area contributed by atoms with Crippen molar-refractivity contribution in [1.29, 1.82) is 0 Å². The van der Waals surface area contributed by atoms with Crippen LogP contribution in [0.1, 0.15) is 29.2 Å². The summed E-state index contributed by atoms with van der Waals surface area (Å²) in [4.78, 5) is 15.5. The minimum atomic E-state index is -0.0789. The number of thiocarbonyl (C=S) groups is 1. The van der Waals surface area contributed by atoms with Crippen LogP contribution in [0.4, 0.5) is 0 Å². The van der Waals surface area contributed by atoms with Crippen LogP contribution in [0, 0.1) is 10.5 Å². The summed E-state index contributed by atoms with van der Waals surface area (Å²) in [6, 6.07) is 26.6. The molecular weight excluding hydrogens is 625 g/mol. The second-order valence-corrected chi connectivity index (χ2v) is 11.8. The highest BCUT2D eigenvalue weighted by Gasteiger charge is 2.32. The zero-order valence-corrected chi connectivity index (χ0v) is 24.9. The van der Waals surface area contributed by atoms with Gasteiger partial charge in [0, 0.05) is 0 Å². The van der Waals surface area contributed by atoms with Gasteiger partial charge in [-0.15, -0.1) is 0 Å². The third kappa shape index (κ3) is 5.90.